The first-order valence-corrected chi connectivity index (χ1v) is 7.94. The third-order valence-corrected chi connectivity index (χ3v) is 5.11. The Morgan fingerprint density at radius 3 is 2.22 bits per heavy atom. The molecule has 1 saturated carbocycles. The molecule has 0 radical (unpaired) electrons. The summed E-state index contributed by atoms with van der Waals surface area (Å²) < 4.78 is 0. The highest BCUT2D eigenvalue weighted by Crippen LogP contribution is 2.26. The number of carbonyl (C=O) groups excluding carboxylic acids is 1. The van der Waals surface area contributed by atoms with Crippen molar-refractivity contribution in [1.82, 2.24) is 9.80 Å². The molecule has 3 nitrogen and oxygen atoms in total. The van der Waals surface area contributed by atoms with E-state index in [0.717, 1.165) is 13.1 Å². The van der Waals surface area contributed by atoms with Crippen molar-refractivity contribution in [3.05, 3.63) is 0 Å². The summed E-state index contributed by atoms with van der Waals surface area (Å²) in [5.41, 5.74) is 0. The summed E-state index contributed by atoms with van der Waals surface area (Å²) >= 11 is 3.56. The van der Waals surface area contributed by atoms with E-state index < -0.39 is 0 Å². The monoisotopic (exact) mass is 318 g/mol. The molecule has 1 aliphatic rings. The Labute approximate surface area is 120 Å². The van der Waals surface area contributed by atoms with Gasteiger partial charge in [-0.25, -0.2) is 0 Å². The van der Waals surface area contributed by atoms with Crippen LogP contribution in [0.4, 0.5) is 0 Å². The van der Waals surface area contributed by atoms with Gasteiger partial charge in [0.05, 0.1) is 4.83 Å². The smallest absolute Gasteiger partial charge is 0.236 e. The largest absolute Gasteiger partial charge is 0.337 e. The zero-order valence-electron chi connectivity index (χ0n) is 12.2. The first-order valence-electron chi connectivity index (χ1n) is 7.02. The van der Waals surface area contributed by atoms with Crippen LogP contribution in [0.3, 0.4) is 0 Å². The van der Waals surface area contributed by atoms with E-state index in [1.54, 1.807) is 0 Å². The van der Waals surface area contributed by atoms with Crippen molar-refractivity contribution in [2.24, 2.45) is 5.92 Å². The molecule has 18 heavy (non-hydrogen) atoms. The molecule has 1 amide bonds. The van der Waals surface area contributed by atoms with Crippen LogP contribution in [0.25, 0.3) is 0 Å². The Morgan fingerprint density at radius 2 is 1.78 bits per heavy atom. The third-order valence-electron chi connectivity index (χ3n) is 3.66. The van der Waals surface area contributed by atoms with Gasteiger partial charge in [0.25, 0.3) is 0 Å². The highest BCUT2D eigenvalue weighted by atomic mass is 79.9. The number of amides is 1. The maximum absolute atomic E-state index is 12.5. The summed E-state index contributed by atoms with van der Waals surface area (Å²) in [4.78, 5) is 16.8. The molecule has 1 unspecified atom stereocenters. The number of hydrogen-bond acceptors (Lipinski definition) is 2. The van der Waals surface area contributed by atoms with Crippen LogP contribution < -0.4 is 0 Å². The molecule has 106 valence electrons. The van der Waals surface area contributed by atoms with Crippen LogP contribution in [0.15, 0.2) is 0 Å². The van der Waals surface area contributed by atoms with Crippen LogP contribution in [0.1, 0.15) is 39.5 Å². The van der Waals surface area contributed by atoms with Gasteiger partial charge in [0, 0.05) is 19.1 Å². The van der Waals surface area contributed by atoms with Crippen LogP contribution in [-0.2, 0) is 4.79 Å². The fourth-order valence-corrected chi connectivity index (χ4v) is 2.70. The molecule has 0 aromatic carbocycles. The summed E-state index contributed by atoms with van der Waals surface area (Å²) in [7, 11) is 4.12. The number of rotatable bonds is 6. The van der Waals surface area contributed by atoms with E-state index in [4.69, 9.17) is 0 Å². The molecule has 0 aromatic heterocycles. The number of nitrogens with zero attached hydrogens (tertiary/aromatic N) is 2. The van der Waals surface area contributed by atoms with Gasteiger partial charge >= 0.3 is 0 Å². The lowest BCUT2D eigenvalue weighted by atomic mass is 10.1. The summed E-state index contributed by atoms with van der Waals surface area (Å²) in [6.45, 7) is 5.98. The molecule has 0 spiro atoms. The van der Waals surface area contributed by atoms with Gasteiger partial charge in [-0.05, 0) is 32.9 Å². The minimum Gasteiger partial charge on any atom is -0.337 e. The molecule has 0 bridgehead atoms. The summed E-state index contributed by atoms with van der Waals surface area (Å²) in [5, 5.41) is 0. The molecular formula is C14H27BrN2O. The molecular weight excluding hydrogens is 292 g/mol. The molecule has 0 aromatic rings. The zero-order valence-corrected chi connectivity index (χ0v) is 13.7. The molecule has 0 heterocycles. The molecule has 0 N–H and O–H groups in total. The van der Waals surface area contributed by atoms with E-state index >= 15 is 0 Å². The van der Waals surface area contributed by atoms with Crippen LogP contribution in [0, 0.1) is 5.92 Å². The van der Waals surface area contributed by atoms with Crippen LogP contribution in [0.2, 0.25) is 0 Å². The van der Waals surface area contributed by atoms with Crippen LogP contribution in [0.5, 0.6) is 0 Å². The fourth-order valence-electron chi connectivity index (χ4n) is 2.44. The Balaban J connectivity index is 2.66. The predicted octanol–water partition coefficient (Wildman–Crippen LogP) is 2.74. The van der Waals surface area contributed by atoms with Gasteiger partial charge in [0.1, 0.15) is 0 Å². The highest BCUT2D eigenvalue weighted by molar-refractivity contribution is 9.10. The Bertz CT molecular complexity index is 263. The van der Waals surface area contributed by atoms with Gasteiger partial charge in [-0.2, -0.15) is 0 Å². The number of hydrogen-bond donors (Lipinski definition) is 0. The summed E-state index contributed by atoms with van der Waals surface area (Å²) in [5.74, 6) is 0.625. The van der Waals surface area contributed by atoms with E-state index in [-0.39, 0.29) is 10.7 Å². The second-order valence-electron chi connectivity index (χ2n) is 5.92. The number of likely N-dealkylation sites (N-methyl/N-ethyl adjacent to an activating group) is 1. The van der Waals surface area contributed by atoms with E-state index in [1.165, 1.54) is 25.7 Å². The summed E-state index contributed by atoms with van der Waals surface area (Å²) in [6.07, 6.45) is 4.89. The van der Waals surface area contributed by atoms with Crippen molar-refractivity contribution in [1.29, 1.82) is 0 Å². The van der Waals surface area contributed by atoms with E-state index in [0.29, 0.717) is 12.0 Å². The van der Waals surface area contributed by atoms with E-state index in [2.05, 4.69) is 53.7 Å². The fraction of sp³-hybridized carbons (Fsp3) is 0.929. The van der Waals surface area contributed by atoms with Gasteiger partial charge in [-0.3, -0.25) is 4.79 Å². The maximum atomic E-state index is 12.5. The van der Waals surface area contributed by atoms with E-state index in [9.17, 15) is 4.79 Å². The standard InChI is InChI=1S/C14H27BrN2O/c1-11(2)13(15)14(18)17(10-9-16(3)4)12-7-5-6-8-12/h11-13H,5-10H2,1-4H3. The van der Waals surface area contributed by atoms with Crippen molar-refractivity contribution in [2.75, 3.05) is 27.2 Å². The molecule has 0 saturated heterocycles. The minimum atomic E-state index is -0.0414. The van der Waals surface area contributed by atoms with Crippen molar-refractivity contribution in [3.63, 3.8) is 0 Å². The quantitative estimate of drug-likeness (QED) is 0.703. The van der Waals surface area contributed by atoms with Crippen LogP contribution >= 0.6 is 15.9 Å². The highest BCUT2D eigenvalue weighted by Gasteiger charge is 2.31. The van der Waals surface area contributed by atoms with Gasteiger partial charge in [-0.15, -0.1) is 0 Å². The molecule has 4 heteroatoms. The minimum absolute atomic E-state index is 0.0414. The molecule has 0 aliphatic heterocycles. The first-order chi connectivity index (χ1) is 8.43. The molecule has 1 aliphatic carbocycles. The predicted molar refractivity (Wildman–Crippen MR) is 80.1 cm³/mol. The number of halogens is 1. The van der Waals surface area contributed by atoms with E-state index in [1.807, 2.05) is 0 Å². The van der Waals surface area contributed by atoms with Crippen LogP contribution in [-0.4, -0.2) is 53.8 Å². The van der Waals surface area contributed by atoms with Gasteiger partial charge in [-0.1, -0.05) is 42.6 Å². The average molecular weight is 319 g/mol. The second-order valence-corrected chi connectivity index (χ2v) is 6.91. The van der Waals surface area contributed by atoms with Crippen molar-refractivity contribution >= 4 is 21.8 Å². The van der Waals surface area contributed by atoms with Gasteiger partial charge < -0.3 is 9.80 Å². The number of alkyl halides is 1. The average Bonchev–Trinajstić information content (AvgIpc) is 2.81. The Hall–Kier alpha value is -0.0900. The lowest BCUT2D eigenvalue weighted by molar-refractivity contribution is -0.133. The maximum Gasteiger partial charge on any atom is 0.236 e. The normalized spacial score (nSPS) is 18.6. The van der Waals surface area contributed by atoms with Crippen molar-refractivity contribution in [2.45, 2.75) is 50.4 Å². The Morgan fingerprint density at radius 1 is 1.22 bits per heavy atom. The SMILES string of the molecule is CC(C)C(Br)C(=O)N(CCN(C)C)C1CCCC1. The number of carbonyl (C=O) groups is 1. The zero-order chi connectivity index (χ0) is 13.7. The molecule has 1 fully saturated rings. The molecule has 1 rings (SSSR count). The summed E-state index contributed by atoms with van der Waals surface area (Å²) in [6, 6.07) is 0.469. The lowest BCUT2D eigenvalue weighted by Gasteiger charge is -2.32. The second kappa shape index (κ2) is 7.49. The van der Waals surface area contributed by atoms with Gasteiger partial charge in [0.2, 0.25) is 5.91 Å². The van der Waals surface area contributed by atoms with Crippen molar-refractivity contribution < 1.29 is 4.79 Å². The molecule has 1 atom stereocenters. The lowest BCUT2D eigenvalue weighted by Crippen LogP contribution is -2.47. The Kier molecular flexibility index (Phi) is 6.64. The third kappa shape index (κ3) is 4.54. The topological polar surface area (TPSA) is 23.6 Å². The first kappa shape index (κ1) is 16.0. The van der Waals surface area contributed by atoms with Gasteiger partial charge in [0.15, 0.2) is 0 Å². The van der Waals surface area contributed by atoms with Crippen molar-refractivity contribution in [3.8, 4) is 0 Å².